The van der Waals surface area contributed by atoms with Gasteiger partial charge in [0.1, 0.15) is 6.07 Å². The van der Waals surface area contributed by atoms with Crippen LogP contribution in [0, 0.1) is 11.3 Å². The lowest BCUT2D eigenvalue weighted by molar-refractivity contribution is -0.142. The lowest BCUT2D eigenvalue weighted by Gasteiger charge is -2.07. The highest BCUT2D eigenvalue weighted by Gasteiger charge is 2.03. The SMILES string of the molecule is CCOC(=O)CCNc1ccccc1C#N. The van der Waals surface area contributed by atoms with Crippen molar-refractivity contribution in [3.05, 3.63) is 29.8 Å². The molecule has 1 aromatic carbocycles. The Kier molecular flexibility index (Phi) is 4.87. The maximum Gasteiger partial charge on any atom is 0.307 e. The highest BCUT2D eigenvalue weighted by Crippen LogP contribution is 2.13. The monoisotopic (exact) mass is 218 g/mol. The van der Waals surface area contributed by atoms with Crippen molar-refractivity contribution in [3.63, 3.8) is 0 Å². The molecule has 1 aromatic rings. The summed E-state index contributed by atoms with van der Waals surface area (Å²) >= 11 is 0. The molecule has 0 unspecified atom stereocenters. The van der Waals surface area contributed by atoms with Crippen molar-refractivity contribution in [1.82, 2.24) is 0 Å². The number of carbonyl (C=O) groups is 1. The zero-order chi connectivity index (χ0) is 11.8. The number of esters is 1. The number of nitriles is 1. The Hall–Kier alpha value is -2.02. The molecule has 1 N–H and O–H groups in total. The molecule has 16 heavy (non-hydrogen) atoms. The number of benzene rings is 1. The van der Waals surface area contributed by atoms with Crippen LogP contribution in [0.4, 0.5) is 5.69 Å². The van der Waals surface area contributed by atoms with Crippen molar-refractivity contribution in [2.24, 2.45) is 0 Å². The molecule has 4 heteroatoms. The van der Waals surface area contributed by atoms with E-state index >= 15 is 0 Å². The van der Waals surface area contributed by atoms with Crippen LogP contribution in [0.3, 0.4) is 0 Å². The molecule has 1 rings (SSSR count). The van der Waals surface area contributed by atoms with Crippen molar-refractivity contribution in [3.8, 4) is 6.07 Å². The van der Waals surface area contributed by atoms with E-state index in [1.165, 1.54) is 0 Å². The maximum absolute atomic E-state index is 11.1. The van der Waals surface area contributed by atoms with E-state index in [4.69, 9.17) is 10.00 Å². The first-order valence-corrected chi connectivity index (χ1v) is 5.16. The number of anilines is 1. The summed E-state index contributed by atoms with van der Waals surface area (Å²) < 4.78 is 4.79. The van der Waals surface area contributed by atoms with Gasteiger partial charge in [-0.2, -0.15) is 5.26 Å². The zero-order valence-corrected chi connectivity index (χ0v) is 9.19. The minimum absolute atomic E-state index is 0.232. The van der Waals surface area contributed by atoms with Gasteiger partial charge in [-0.05, 0) is 19.1 Å². The van der Waals surface area contributed by atoms with Crippen molar-refractivity contribution >= 4 is 11.7 Å². The van der Waals surface area contributed by atoms with Gasteiger partial charge in [0.25, 0.3) is 0 Å². The molecule has 0 saturated heterocycles. The van der Waals surface area contributed by atoms with E-state index in [0.717, 1.165) is 5.69 Å². The third kappa shape index (κ3) is 3.62. The van der Waals surface area contributed by atoms with Crippen LogP contribution in [-0.4, -0.2) is 19.1 Å². The van der Waals surface area contributed by atoms with Gasteiger partial charge >= 0.3 is 5.97 Å². The molecule has 0 aliphatic carbocycles. The summed E-state index contributed by atoms with van der Waals surface area (Å²) in [6.07, 6.45) is 0.299. The summed E-state index contributed by atoms with van der Waals surface area (Å²) in [6.45, 7) is 2.64. The smallest absolute Gasteiger partial charge is 0.307 e. The molecule has 0 bridgehead atoms. The lowest BCUT2D eigenvalue weighted by Crippen LogP contribution is -2.11. The first-order chi connectivity index (χ1) is 7.77. The largest absolute Gasteiger partial charge is 0.466 e. The van der Waals surface area contributed by atoms with E-state index in [9.17, 15) is 4.79 Å². The van der Waals surface area contributed by atoms with E-state index in [2.05, 4.69) is 11.4 Å². The second kappa shape index (κ2) is 6.46. The Labute approximate surface area is 94.8 Å². The molecule has 0 atom stereocenters. The van der Waals surface area contributed by atoms with Crippen LogP contribution in [0.15, 0.2) is 24.3 Å². The standard InChI is InChI=1S/C12H14N2O2/c1-2-16-12(15)7-8-14-11-6-4-3-5-10(11)9-13/h3-6,14H,2,7-8H2,1H3. The van der Waals surface area contributed by atoms with Crippen LogP contribution in [0.25, 0.3) is 0 Å². The fraction of sp³-hybridized carbons (Fsp3) is 0.333. The predicted octanol–water partition coefficient (Wildman–Crippen LogP) is 1.92. The van der Waals surface area contributed by atoms with Gasteiger partial charge in [-0.15, -0.1) is 0 Å². The Morgan fingerprint density at radius 3 is 2.94 bits per heavy atom. The summed E-state index contributed by atoms with van der Waals surface area (Å²) in [5.74, 6) is -0.232. The topological polar surface area (TPSA) is 62.1 Å². The molecule has 0 spiro atoms. The van der Waals surface area contributed by atoms with Crippen molar-refractivity contribution in [2.75, 3.05) is 18.5 Å². The Morgan fingerprint density at radius 1 is 1.50 bits per heavy atom. The molecule has 0 aliphatic rings. The molecule has 0 aliphatic heterocycles. The molecule has 84 valence electrons. The summed E-state index contributed by atoms with van der Waals surface area (Å²) in [6, 6.07) is 9.26. The van der Waals surface area contributed by atoms with Gasteiger partial charge in [-0.1, -0.05) is 12.1 Å². The second-order valence-electron chi connectivity index (χ2n) is 3.14. The van der Waals surface area contributed by atoms with Crippen LogP contribution in [-0.2, 0) is 9.53 Å². The number of rotatable bonds is 5. The molecule has 0 amide bonds. The van der Waals surface area contributed by atoms with Crippen molar-refractivity contribution in [2.45, 2.75) is 13.3 Å². The summed E-state index contributed by atoms with van der Waals surface area (Å²) in [7, 11) is 0. The minimum Gasteiger partial charge on any atom is -0.466 e. The molecule has 0 fully saturated rings. The molecule has 4 nitrogen and oxygen atoms in total. The number of hydrogen-bond donors (Lipinski definition) is 1. The lowest BCUT2D eigenvalue weighted by atomic mass is 10.2. The maximum atomic E-state index is 11.1. The van der Waals surface area contributed by atoms with Gasteiger partial charge in [0.2, 0.25) is 0 Å². The summed E-state index contributed by atoms with van der Waals surface area (Å²) in [5, 5.41) is 11.9. The Balaban J connectivity index is 2.43. The molecule has 0 radical (unpaired) electrons. The van der Waals surface area contributed by atoms with Crippen LogP contribution < -0.4 is 5.32 Å². The van der Waals surface area contributed by atoms with Crippen molar-refractivity contribution in [1.29, 1.82) is 5.26 Å². The van der Waals surface area contributed by atoms with Crippen LogP contribution in [0.2, 0.25) is 0 Å². The summed E-state index contributed by atoms with van der Waals surface area (Å²) in [5.41, 5.74) is 1.32. The fourth-order valence-electron chi connectivity index (χ4n) is 1.27. The number of nitrogens with one attached hydrogen (secondary N) is 1. The molecular formula is C12H14N2O2. The van der Waals surface area contributed by atoms with E-state index in [1.54, 1.807) is 19.1 Å². The fourth-order valence-corrected chi connectivity index (χ4v) is 1.27. The normalized spacial score (nSPS) is 9.25. The number of carbonyl (C=O) groups excluding carboxylic acids is 1. The minimum atomic E-state index is -0.232. The van der Waals surface area contributed by atoms with E-state index in [-0.39, 0.29) is 5.97 Å². The number of hydrogen-bond acceptors (Lipinski definition) is 4. The van der Waals surface area contributed by atoms with Crippen molar-refractivity contribution < 1.29 is 9.53 Å². The Morgan fingerprint density at radius 2 is 2.25 bits per heavy atom. The highest BCUT2D eigenvalue weighted by atomic mass is 16.5. The Bertz CT molecular complexity index is 396. The zero-order valence-electron chi connectivity index (χ0n) is 9.19. The van der Waals surface area contributed by atoms with Gasteiger partial charge in [-0.25, -0.2) is 0 Å². The molecule has 0 aromatic heterocycles. The van der Waals surface area contributed by atoms with Crippen LogP contribution in [0.1, 0.15) is 18.9 Å². The third-order valence-corrected chi connectivity index (χ3v) is 2.00. The molecule has 0 heterocycles. The first kappa shape index (κ1) is 12.1. The van der Waals surface area contributed by atoms with Gasteiger partial charge in [0.05, 0.1) is 24.3 Å². The number of para-hydroxylation sites is 1. The molecule has 0 saturated carbocycles. The number of nitrogens with zero attached hydrogens (tertiary/aromatic N) is 1. The van der Waals surface area contributed by atoms with Crippen LogP contribution in [0.5, 0.6) is 0 Å². The summed E-state index contributed by atoms with van der Waals surface area (Å²) in [4.78, 5) is 11.1. The highest BCUT2D eigenvalue weighted by molar-refractivity contribution is 5.70. The third-order valence-electron chi connectivity index (χ3n) is 2.00. The first-order valence-electron chi connectivity index (χ1n) is 5.16. The molecular weight excluding hydrogens is 204 g/mol. The second-order valence-corrected chi connectivity index (χ2v) is 3.14. The predicted molar refractivity (Wildman–Crippen MR) is 60.9 cm³/mol. The average molecular weight is 218 g/mol. The number of ether oxygens (including phenoxy) is 1. The van der Waals surface area contributed by atoms with Gasteiger partial charge < -0.3 is 10.1 Å². The quantitative estimate of drug-likeness (QED) is 0.767. The average Bonchev–Trinajstić information content (AvgIpc) is 2.30. The van der Waals surface area contributed by atoms with Gasteiger partial charge in [0, 0.05) is 6.54 Å². The van der Waals surface area contributed by atoms with E-state index in [0.29, 0.717) is 25.1 Å². The van der Waals surface area contributed by atoms with E-state index < -0.39 is 0 Å². The van der Waals surface area contributed by atoms with Crippen LogP contribution >= 0.6 is 0 Å². The van der Waals surface area contributed by atoms with Gasteiger partial charge in [-0.3, -0.25) is 4.79 Å². The van der Waals surface area contributed by atoms with Gasteiger partial charge in [0.15, 0.2) is 0 Å². The van der Waals surface area contributed by atoms with E-state index in [1.807, 2.05) is 12.1 Å².